The van der Waals surface area contributed by atoms with E-state index >= 15 is 0 Å². The van der Waals surface area contributed by atoms with Crippen LogP contribution in [-0.4, -0.2) is 12.2 Å². The Morgan fingerprint density at radius 2 is 1.61 bits per heavy atom. The van der Waals surface area contributed by atoms with Gasteiger partial charge in [0.15, 0.2) is 11.5 Å². The van der Waals surface area contributed by atoms with Crippen molar-refractivity contribution in [2.45, 2.75) is 0 Å². The molecule has 0 heterocycles. The van der Waals surface area contributed by atoms with Crippen LogP contribution in [0.3, 0.4) is 0 Å². The number of halogens is 1. The van der Waals surface area contributed by atoms with Crippen molar-refractivity contribution >= 4 is 23.8 Å². The van der Waals surface area contributed by atoms with Gasteiger partial charge < -0.3 is 9.84 Å². The Balaban J connectivity index is 2.20. The van der Waals surface area contributed by atoms with Crippen LogP contribution in [0.25, 0.3) is 12.2 Å². The van der Waals surface area contributed by atoms with Crippen molar-refractivity contribution in [3.63, 3.8) is 0 Å². The molecule has 3 heteroatoms. The van der Waals surface area contributed by atoms with Crippen molar-refractivity contribution < 1.29 is 9.84 Å². The van der Waals surface area contributed by atoms with E-state index in [2.05, 4.69) is 0 Å². The molecule has 0 atom stereocenters. The third-order valence-electron chi connectivity index (χ3n) is 2.54. The quantitative estimate of drug-likeness (QED) is 0.837. The molecule has 0 aromatic heterocycles. The van der Waals surface area contributed by atoms with E-state index in [0.717, 1.165) is 16.1 Å². The highest BCUT2D eigenvalue weighted by Crippen LogP contribution is 2.27. The van der Waals surface area contributed by atoms with Crippen molar-refractivity contribution in [3.05, 3.63) is 58.6 Å². The van der Waals surface area contributed by atoms with Gasteiger partial charge in [-0.1, -0.05) is 42.0 Å². The normalized spacial score (nSPS) is 10.8. The van der Waals surface area contributed by atoms with Crippen molar-refractivity contribution in [1.29, 1.82) is 0 Å². The number of hydrogen-bond donors (Lipinski definition) is 1. The molecule has 18 heavy (non-hydrogen) atoms. The summed E-state index contributed by atoms with van der Waals surface area (Å²) in [6.07, 6.45) is 3.92. The Hall–Kier alpha value is -1.93. The van der Waals surface area contributed by atoms with Gasteiger partial charge in [-0.3, -0.25) is 0 Å². The van der Waals surface area contributed by atoms with Crippen LogP contribution < -0.4 is 4.74 Å². The summed E-state index contributed by atoms with van der Waals surface area (Å²) in [6.45, 7) is 0. The van der Waals surface area contributed by atoms with Crippen LogP contribution in [0.2, 0.25) is 5.02 Å². The van der Waals surface area contributed by atoms with Gasteiger partial charge in [-0.15, -0.1) is 0 Å². The van der Waals surface area contributed by atoms with Gasteiger partial charge in [0.05, 0.1) is 7.11 Å². The molecule has 0 amide bonds. The second kappa shape index (κ2) is 5.61. The van der Waals surface area contributed by atoms with Gasteiger partial charge in [-0.25, -0.2) is 0 Å². The maximum atomic E-state index is 9.49. The molecule has 92 valence electrons. The maximum absolute atomic E-state index is 9.49. The van der Waals surface area contributed by atoms with Crippen molar-refractivity contribution in [1.82, 2.24) is 0 Å². The van der Waals surface area contributed by atoms with E-state index < -0.39 is 0 Å². The molecule has 0 bridgehead atoms. The highest BCUT2D eigenvalue weighted by atomic mass is 35.5. The van der Waals surface area contributed by atoms with E-state index in [1.54, 1.807) is 12.1 Å². The van der Waals surface area contributed by atoms with Crippen LogP contribution in [0, 0.1) is 0 Å². The van der Waals surface area contributed by atoms with Crippen LogP contribution in [0.15, 0.2) is 42.5 Å². The zero-order valence-corrected chi connectivity index (χ0v) is 10.7. The van der Waals surface area contributed by atoms with Gasteiger partial charge in [-0.2, -0.15) is 0 Å². The Labute approximate surface area is 111 Å². The Morgan fingerprint density at radius 1 is 1.00 bits per heavy atom. The predicted octanol–water partition coefficient (Wildman–Crippen LogP) is 4.22. The molecule has 1 N–H and O–H groups in total. The van der Waals surface area contributed by atoms with Crippen LogP contribution in [0.5, 0.6) is 11.5 Å². The number of phenols is 1. The highest BCUT2D eigenvalue weighted by molar-refractivity contribution is 6.30. The summed E-state index contributed by atoms with van der Waals surface area (Å²) < 4.78 is 5.05. The second-order valence-electron chi connectivity index (χ2n) is 3.82. The smallest absolute Gasteiger partial charge is 0.161 e. The molecule has 0 aliphatic heterocycles. The highest BCUT2D eigenvalue weighted by Gasteiger charge is 2.00. The van der Waals surface area contributed by atoms with Crippen LogP contribution >= 0.6 is 11.6 Å². The molecule has 2 nitrogen and oxygen atoms in total. The van der Waals surface area contributed by atoms with Gasteiger partial charge in [0.1, 0.15) is 0 Å². The van der Waals surface area contributed by atoms with Crippen LogP contribution in [-0.2, 0) is 0 Å². The average molecular weight is 261 g/mol. The van der Waals surface area contributed by atoms with E-state index in [0.29, 0.717) is 5.75 Å². The molecule has 0 spiro atoms. The molecule has 2 aromatic rings. The van der Waals surface area contributed by atoms with Crippen molar-refractivity contribution in [2.24, 2.45) is 0 Å². The maximum Gasteiger partial charge on any atom is 0.161 e. The fourth-order valence-electron chi connectivity index (χ4n) is 1.56. The van der Waals surface area contributed by atoms with Crippen molar-refractivity contribution in [2.75, 3.05) is 7.11 Å². The lowest BCUT2D eigenvalue weighted by atomic mass is 10.1. The van der Waals surface area contributed by atoms with Crippen molar-refractivity contribution in [3.8, 4) is 11.5 Å². The Morgan fingerprint density at radius 3 is 2.28 bits per heavy atom. The van der Waals surface area contributed by atoms with Crippen LogP contribution in [0.1, 0.15) is 11.1 Å². The van der Waals surface area contributed by atoms with Gasteiger partial charge in [-0.05, 0) is 35.4 Å². The number of methoxy groups -OCH3 is 1. The molecule has 0 unspecified atom stereocenters. The molecule has 0 saturated heterocycles. The summed E-state index contributed by atoms with van der Waals surface area (Å²) in [5.74, 6) is 0.606. The van der Waals surface area contributed by atoms with Gasteiger partial charge in [0.2, 0.25) is 0 Å². The predicted molar refractivity (Wildman–Crippen MR) is 75.0 cm³/mol. The number of benzene rings is 2. The molecule has 2 aromatic carbocycles. The molecule has 0 saturated carbocycles. The summed E-state index contributed by atoms with van der Waals surface area (Å²) in [4.78, 5) is 0. The monoisotopic (exact) mass is 260 g/mol. The minimum absolute atomic E-state index is 0.140. The summed E-state index contributed by atoms with van der Waals surface area (Å²) in [5, 5.41) is 10.2. The molecule has 0 aliphatic rings. The molecular formula is C15H13ClO2. The number of hydrogen-bond acceptors (Lipinski definition) is 2. The van der Waals surface area contributed by atoms with E-state index in [1.165, 1.54) is 7.11 Å². The first-order chi connectivity index (χ1) is 8.69. The summed E-state index contributed by atoms with van der Waals surface area (Å²) in [6, 6.07) is 12.8. The molecule has 0 fully saturated rings. The summed E-state index contributed by atoms with van der Waals surface area (Å²) >= 11 is 5.82. The largest absolute Gasteiger partial charge is 0.504 e. The zero-order chi connectivity index (χ0) is 13.0. The lowest BCUT2D eigenvalue weighted by Crippen LogP contribution is -1.84. The molecule has 0 aliphatic carbocycles. The second-order valence-corrected chi connectivity index (χ2v) is 4.25. The average Bonchev–Trinajstić information content (AvgIpc) is 2.39. The Bertz CT molecular complexity index is 559. The third-order valence-corrected chi connectivity index (χ3v) is 2.79. The molecule has 0 radical (unpaired) electrons. The first kappa shape index (κ1) is 12.5. The number of phenolic OH excluding ortho intramolecular Hbond substituents is 1. The van der Waals surface area contributed by atoms with Gasteiger partial charge in [0, 0.05) is 5.02 Å². The summed E-state index contributed by atoms with van der Waals surface area (Å²) in [7, 11) is 1.53. The third kappa shape index (κ3) is 3.05. The fourth-order valence-corrected chi connectivity index (χ4v) is 1.69. The van der Waals surface area contributed by atoms with Gasteiger partial charge in [0.25, 0.3) is 0 Å². The standard InChI is InChI=1S/C15H13ClO2/c1-18-15-10-12(6-9-14(15)17)3-2-11-4-7-13(16)8-5-11/h2-10,17H,1H3. The first-order valence-corrected chi connectivity index (χ1v) is 5.87. The number of ether oxygens (including phenoxy) is 1. The topological polar surface area (TPSA) is 29.5 Å². The van der Waals surface area contributed by atoms with E-state index in [1.807, 2.05) is 42.5 Å². The van der Waals surface area contributed by atoms with E-state index in [4.69, 9.17) is 16.3 Å². The zero-order valence-electron chi connectivity index (χ0n) is 9.93. The fraction of sp³-hybridized carbons (Fsp3) is 0.0667. The molecule has 2 rings (SSSR count). The lowest BCUT2D eigenvalue weighted by Gasteiger charge is -2.03. The lowest BCUT2D eigenvalue weighted by molar-refractivity contribution is 0.373. The van der Waals surface area contributed by atoms with Crippen LogP contribution in [0.4, 0.5) is 0 Å². The minimum atomic E-state index is 0.140. The number of rotatable bonds is 3. The first-order valence-electron chi connectivity index (χ1n) is 5.50. The number of aromatic hydroxyl groups is 1. The minimum Gasteiger partial charge on any atom is -0.504 e. The SMILES string of the molecule is COc1cc(C=Cc2ccc(Cl)cc2)ccc1O. The molecular weight excluding hydrogens is 248 g/mol. The summed E-state index contributed by atoms with van der Waals surface area (Å²) in [5.41, 5.74) is 2.02. The van der Waals surface area contributed by atoms with E-state index in [-0.39, 0.29) is 5.75 Å². The van der Waals surface area contributed by atoms with E-state index in [9.17, 15) is 5.11 Å². The Kier molecular flexibility index (Phi) is 3.90. The van der Waals surface area contributed by atoms with Gasteiger partial charge >= 0.3 is 0 Å².